The van der Waals surface area contributed by atoms with E-state index in [9.17, 15) is 10.1 Å². The zero-order chi connectivity index (χ0) is 20.3. The molecule has 0 spiro atoms. The molecule has 0 radical (unpaired) electrons. The fourth-order valence-corrected chi connectivity index (χ4v) is 3.80. The van der Waals surface area contributed by atoms with Crippen molar-refractivity contribution >= 4 is 17.7 Å². The van der Waals surface area contributed by atoms with Gasteiger partial charge in [0.05, 0.1) is 6.10 Å². The number of hydrogen-bond donors (Lipinski definition) is 1. The van der Waals surface area contributed by atoms with Crippen LogP contribution in [0.25, 0.3) is 6.08 Å². The molecule has 3 rings (SSSR count). The van der Waals surface area contributed by atoms with Crippen LogP contribution in [0.5, 0.6) is 0 Å². The summed E-state index contributed by atoms with van der Waals surface area (Å²) < 4.78 is 7.96. The quantitative estimate of drug-likeness (QED) is 0.618. The van der Waals surface area contributed by atoms with Gasteiger partial charge < -0.3 is 14.6 Å². The average Bonchev–Trinajstić information content (AvgIpc) is 3.22. The topological polar surface area (TPSA) is 67.0 Å². The van der Waals surface area contributed by atoms with Gasteiger partial charge in [0.1, 0.15) is 11.6 Å². The molecule has 1 fully saturated rings. The van der Waals surface area contributed by atoms with Gasteiger partial charge in [-0.2, -0.15) is 5.26 Å². The Morgan fingerprint density at radius 1 is 1.25 bits per heavy atom. The number of nitrogens with zero attached hydrogens (tertiary/aromatic N) is 2. The number of carbonyl (C=O) groups excluding carboxylic acids is 1. The maximum Gasteiger partial charge on any atom is 0.266 e. The first-order chi connectivity index (χ1) is 13.4. The normalized spacial score (nSPS) is 16.8. The van der Waals surface area contributed by atoms with Crippen molar-refractivity contribution in [3.05, 3.63) is 57.9 Å². The van der Waals surface area contributed by atoms with Gasteiger partial charge in [0.2, 0.25) is 0 Å². The van der Waals surface area contributed by atoms with Crippen molar-refractivity contribution in [3.8, 4) is 6.07 Å². The van der Waals surface area contributed by atoms with Crippen LogP contribution in [-0.4, -0.2) is 23.2 Å². The number of amides is 1. The molecule has 1 aromatic heterocycles. The van der Waals surface area contributed by atoms with E-state index in [1.54, 1.807) is 6.08 Å². The number of anilines is 1. The first-order valence-electron chi connectivity index (χ1n) is 9.67. The average molecular weight is 377 g/mol. The SMILES string of the molecule is Cc1cc(C)cc(NC(=O)/C(C#N)=C/c2cc(C)n(CC3CCCO3)c2C)c1. The number of nitriles is 1. The maximum atomic E-state index is 12.6. The van der Waals surface area contributed by atoms with E-state index in [1.807, 2.05) is 58.0 Å². The molecule has 1 N–H and O–H groups in total. The Bertz CT molecular complexity index is 937. The molecule has 1 atom stereocenters. The van der Waals surface area contributed by atoms with Crippen LogP contribution in [0.15, 0.2) is 29.8 Å². The lowest BCUT2D eigenvalue weighted by Crippen LogP contribution is -2.17. The van der Waals surface area contributed by atoms with E-state index in [1.165, 1.54) is 0 Å². The number of ether oxygens (including phenoxy) is 1. The molecule has 146 valence electrons. The minimum absolute atomic E-state index is 0.0940. The molecule has 0 aliphatic carbocycles. The first kappa shape index (κ1) is 19.9. The van der Waals surface area contributed by atoms with Crippen molar-refractivity contribution in [3.63, 3.8) is 0 Å². The Morgan fingerprint density at radius 2 is 1.96 bits per heavy atom. The second-order valence-corrected chi connectivity index (χ2v) is 7.57. The lowest BCUT2D eigenvalue weighted by Gasteiger charge is -2.14. The summed E-state index contributed by atoms with van der Waals surface area (Å²) in [6.45, 7) is 9.65. The van der Waals surface area contributed by atoms with Crippen LogP contribution in [0.3, 0.4) is 0 Å². The number of carbonyl (C=O) groups is 1. The number of hydrogen-bond acceptors (Lipinski definition) is 3. The summed E-state index contributed by atoms with van der Waals surface area (Å²) in [7, 11) is 0. The number of benzene rings is 1. The van der Waals surface area contributed by atoms with Crippen LogP contribution in [0.1, 0.15) is 40.9 Å². The molecule has 2 aromatic rings. The minimum atomic E-state index is -0.392. The molecule has 1 saturated heterocycles. The van der Waals surface area contributed by atoms with Crippen molar-refractivity contribution < 1.29 is 9.53 Å². The van der Waals surface area contributed by atoms with Gasteiger partial charge in [-0.3, -0.25) is 4.79 Å². The Morgan fingerprint density at radius 3 is 2.57 bits per heavy atom. The van der Waals surface area contributed by atoms with Crippen LogP contribution >= 0.6 is 0 Å². The predicted octanol–water partition coefficient (Wildman–Crippen LogP) is 4.45. The van der Waals surface area contributed by atoms with E-state index in [4.69, 9.17) is 4.74 Å². The summed E-state index contributed by atoms with van der Waals surface area (Å²) in [6, 6.07) is 9.90. The van der Waals surface area contributed by atoms with Crippen LogP contribution in [0, 0.1) is 39.0 Å². The van der Waals surface area contributed by atoms with Gasteiger partial charge in [0.15, 0.2) is 0 Å². The number of rotatable bonds is 5. The molecule has 1 unspecified atom stereocenters. The number of aromatic nitrogens is 1. The molecule has 5 nitrogen and oxygen atoms in total. The molecule has 5 heteroatoms. The molecule has 1 aromatic carbocycles. The first-order valence-corrected chi connectivity index (χ1v) is 9.67. The van der Waals surface area contributed by atoms with Gasteiger partial charge in [-0.15, -0.1) is 0 Å². The molecular formula is C23H27N3O2. The molecule has 28 heavy (non-hydrogen) atoms. The van der Waals surface area contributed by atoms with E-state index in [2.05, 4.69) is 9.88 Å². The van der Waals surface area contributed by atoms with Crippen LogP contribution in [-0.2, 0) is 16.1 Å². The Hall–Kier alpha value is -2.84. The van der Waals surface area contributed by atoms with Crippen LogP contribution < -0.4 is 5.32 Å². The highest BCUT2D eigenvalue weighted by molar-refractivity contribution is 6.09. The highest BCUT2D eigenvalue weighted by Crippen LogP contribution is 2.22. The molecule has 0 saturated carbocycles. The lowest BCUT2D eigenvalue weighted by molar-refractivity contribution is -0.112. The van der Waals surface area contributed by atoms with Gasteiger partial charge >= 0.3 is 0 Å². The van der Waals surface area contributed by atoms with Gasteiger partial charge in [-0.05, 0) is 81.5 Å². The van der Waals surface area contributed by atoms with E-state index < -0.39 is 5.91 Å². The monoisotopic (exact) mass is 377 g/mol. The van der Waals surface area contributed by atoms with Crippen molar-refractivity contribution in [1.29, 1.82) is 5.26 Å². The fourth-order valence-electron chi connectivity index (χ4n) is 3.80. The van der Waals surface area contributed by atoms with Gasteiger partial charge in [-0.1, -0.05) is 6.07 Å². The zero-order valence-corrected chi connectivity index (χ0v) is 17.0. The lowest BCUT2D eigenvalue weighted by atomic mass is 10.1. The maximum absolute atomic E-state index is 12.6. The van der Waals surface area contributed by atoms with Crippen molar-refractivity contribution in [2.24, 2.45) is 0 Å². The van der Waals surface area contributed by atoms with Gasteiger partial charge in [-0.25, -0.2) is 0 Å². The van der Waals surface area contributed by atoms with Gasteiger partial charge in [0.25, 0.3) is 5.91 Å². The summed E-state index contributed by atoms with van der Waals surface area (Å²) in [5, 5.41) is 12.4. The standard InChI is InChI=1S/C23H27N3O2/c1-15-8-16(2)10-21(9-15)25-23(27)20(13-24)12-19-11-17(3)26(18(19)4)14-22-6-5-7-28-22/h8-12,22H,5-7,14H2,1-4H3,(H,25,27)/b20-12+. The molecule has 2 heterocycles. The Balaban J connectivity index is 1.81. The smallest absolute Gasteiger partial charge is 0.266 e. The molecular weight excluding hydrogens is 350 g/mol. The summed E-state index contributed by atoms with van der Waals surface area (Å²) >= 11 is 0. The third kappa shape index (κ3) is 4.52. The second kappa shape index (κ2) is 8.45. The molecule has 1 aliphatic rings. The number of aryl methyl sites for hydroxylation is 3. The van der Waals surface area contributed by atoms with Crippen LogP contribution in [0.2, 0.25) is 0 Å². The summed E-state index contributed by atoms with van der Waals surface area (Å²) in [5.74, 6) is -0.392. The van der Waals surface area contributed by atoms with E-state index >= 15 is 0 Å². The second-order valence-electron chi connectivity index (χ2n) is 7.57. The molecule has 1 aliphatic heterocycles. The number of nitrogens with one attached hydrogen (secondary N) is 1. The largest absolute Gasteiger partial charge is 0.376 e. The molecule has 1 amide bonds. The third-order valence-corrected chi connectivity index (χ3v) is 5.17. The van der Waals surface area contributed by atoms with Crippen molar-refractivity contribution in [2.45, 2.75) is 53.2 Å². The van der Waals surface area contributed by atoms with Crippen molar-refractivity contribution in [1.82, 2.24) is 4.57 Å². The van der Waals surface area contributed by atoms with E-state index in [0.29, 0.717) is 5.69 Å². The minimum Gasteiger partial charge on any atom is -0.376 e. The summed E-state index contributed by atoms with van der Waals surface area (Å²) in [5.41, 5.74) is 5.96. The van der Waals surface area contributed by atoms with Crippen molar-refractivity contribution in [2.75, 3.05) is 11.9 Å². The summed E-state index contributed by atoms with van der Waals surface area (Å²) in [4.78, 5) is 12.6. The zero-order valence-electron chi connectivity index (χ0n) is 17.0. The highest BCUT2D eigenvalue weighted by atomic mass is 16.5. The molecule has 0 bridgehead atoms. The fraction of sp³-hybridized carbons (Fsp3) is 0.391. The van der Waals surface area contributed by atoms with E-state index in [0.717, 1.165) is 54.1 Å². The third-order valence-electron chi connectivity index (χ3n) is 5.17. The van der Waals surface area contributed by atoms with Crippen LogP contribution in [0.4, 0.5) is 5.69 Å². The highest BCUT2D eigenvalue weighted by Gasteiger charge is 2.19. The Labute approximate surface area is 166 Å². The predicted molar refractivity (Wildman–Crippen MR) is 111 cm³/mol. The summed E-state index contributed by atoms with van der Waals surface area (Å²) in [6.07, 6.45) is 4.09. The Kier molecular flexibility index (Phi) is 6.01. The van der Waals surface area contributed by atoms with E-state index in [-0.39, 0.29) is 11.7 Å². The van der Waals surface area contributed by atoms with Gasteiger partial charge in [0, 0.05) is 30.2 Å².